The Hall–Kier alpha value is -0.740. The van der Waals surface area contributed by atoms with E-state index in [0.717, 1.165) is 9.74 Å². The second-order valence-corrected chi connectivity index (χ2v) is 5.54. The molecule has 2 nitrogen and oxygen atoms in total. The maximum Gasteiger partial charge on any atom is 0.209 e. The van der Waals surface area contributed by atoms with Crippen LogP contribution < -0.4 is 0 Å². The first kappa shape index (κ1) is 10.4. The lowest BCUT2D eigenvalue weighted by molar-refractivity contribution is 0.613. The molecule has 1 aromatic heterocycles. The Morgan fingerprint density at radius 3 is 3.00 bits per heavy atom. The Labute approximate surface area is 107 Å². The summed E-state index contributed by atoms with van der Waals surface area (Å²) in [5.41, 5.74) is 2.92. The fourth-order valence-corrected chi connectivity index (χ4v) is 3.60. The quantitative estimate of drug-likeness (QED) is 0.800. The number of hydrogen-bond acceptors (Lipinski definition) is 3. The monoisotopic (exact) mass is 294 g/mol. The smallest absolute Gasteiger partial charge is 0.209 e. The first-order valence-electron chi connectivity index (χ1n) is 5.41. The van der Waals surface area contributed by atoms with Crippen molar-refractivity contribution in [1.29, 1.82) is 0 Å². The van der Waals surface area contributed by atoms with Crippen molar-refractivity contribution in [2.45, 2.75) is 25.2 Å². The molecule has 0 saturated carbocycles. The van der Waals surface area contributed by atoms with Crippen LogP contribution in [0.1, 0.15) is 34.9 Å². The van der Waals surface area contributed by atoms with Gasteiger partial charge in [0.15, 0.2) is 0 Å². The van der Waals surface area contributed by atoms with Crippen LogP contribution in [0.2, 0.25) is 0 Å². The molecule has 1 unspecified atom stereocenters. The van der Waals surface area contributed by atoms with Gasteiger partial charge in [-0.15, -0.1) is 0 Å². The number of hydrogen-bond donors (Lipinski definition) is 0. The van der Waals surface area contributed by atoms with Crippen LogP contribution in [-0.2, 0) is 6.42 Å². The molecule has 0 N–H and O–H groups in total. The predicted octanol–water partition coefficient (Wildman–Crippen LogP) is 3.77. The predicted molar refractivity (Wildman–Crippen MR) is 68.8 cm³/mol. The number of nitrogens with zero attached hydrogens (tertiary/aromatic N) is 2. The molecule has 0 aliphatic heterocycles. The minimum atomic E-state index is 0.453. The zero-order valence-electron chi connectivity index (χ0n) is 8.69. The van der Waals surface area contributed by atoms with Gasteiger partial charge in [0.1, 0.15) is 5.01 Å². The average Bonchev–Trinajstić information content (AvgIpc) is 2.75. The van der Waals surface area contributed by atoms with Crippen molar-refractivity contribution < 1.29 is 0 Å². The first-order chi connectivity index (χ1) is 7.84. The lowest BCUT2D eigenvalue weighted by Gasteiger charge is -2.23. The van der Waals surface area contributed by atoms with Crippen LogP contribution in [0, 0.1) is 0 Å². The molecule has 1 aliphatic rings. The van der Waals surface area contributed by atoms with E-state index >= 15 is 0 Å². The van der Waals surface area contributed by atoms with Crippen molar-refractivity contribution >= 4 is 27.5 Å². The van der Waals surface area contributed by atoms with Gasteiger partial charge in [0.25, 0.3) is 0 Å². The van der Waals surface area contributed by atoms with Crippen LogP contribution in [0.4, 0.5) is 0 Å². The Balaban J connectivity index is 2.04. The average molecular weight is 295 g/mol. The lowest BCUT2D eigenvalue weighted by atomic mass is 9.83. The minimum absolute atomic E-state index is 0.453. The Kier molecular flexibility index (Phi) is 2.77. The zero-order chi connectivity index (χ0) is 11.0. The van der Waals surface area contributed by atoms with Gasteiger partial charge in [0.05, 0.1) is 0 Å². The maximum atomic E-state index is 4.46. The van der Waals surface area contributed by atoms with Gasteiger partial charge in [0, 0.05) is 5.92 Å². The topological polar surface area (TPSA) is 25.8 Å². The fourth-order valence-electron chi connectivity index (χ4n) is 2.37. The number of aromatic nitrogens is 2. The van der Waals surface area contributed by atoms with Crippen LogP contribution in [0.15, 0.2) is 29.0 Å². The molecule has 0 radical (unpaired) electrons. The van der Waals surface area contributed by atoms with Gasteiger partial charge >= 0.3 is 0 Å². The minimum Gasteiger partial charge on any atom is -0.213 e. The summed E-state index contributed by atoms with van der Waals surface area (Å²) in [7, 11) is 0. The summed E-state index contributed by atoms with van der Waals surface area (Å²) in [6, 6.07) is 8.70. The van der Waals surface area contributed by atoms with E-state index in [1.165, 1.54) is 41.9 Å². The molecule has 16 heavy (non-hydrogen) atoms. The third kappa shape index (κ3) is 1.80. The van der Waals surface area contributed by atoms with Crippen LogP contribution in [-0.4, -0.2) is 9.36 Å². The fraction of sp³-hybridized carbons (Fsp3) is 0.333. The van der Waals surface area contributed by atoms with E-state index in [9.17, 15) is 0 Å². The molecule has 1 heterocycles. The number of fused-ring (bicyclic) bond motifs is 1. The van der Waals surface area contributed by atoms with Gasteiger partial charge in [-0.1, -0.05) is 24.3 Å². The summed E-state index contributed by atoms with van der Waals surface area (Å²) < 4.78 is 4.93. The Bertz CT molecular complexity index is 509. The van der Waals surface area contributed by atoms with Crippen LogP contribution in [0.25, 0.3) is 0 Å². The summed E-state index contributed by atoms with van der Waals surface area (Å²) in [5.74, 6) is 0.453. The van der Waals surface area contributed by atoms with Gasteiger partial charge in [-0.3, -0.25) is 0 Å². The molecule has 0 amide bonds. The second-order valence-electron chi connectivity index (χ2n) is 4.05. The molecular weight excluding hydrogens is 284 g/mol. The van der Waals surface area contributed by atoms with Crippen molar-refractivity contribution in [3.63, 3.8) is 0 Å². The highest BCUT2D eigenvalue weighted by Crippen LogP contribution is 2.37. The molecule has 1 aliphatic carbocycles. The van der Waals surface area contributed by atoms with Crippen LogP contribution >= 0.6 is 27.5 Å². The summed E-state index contributed by atoms with van der Waals surface area (Å²) in [5, 5.41) is 1.14. The second kappa shape index (κ2) is 4.26. The van der Waals surface area contributed by atoms with E-state index in [1.807, 2.05) is 0 Å². The van der Waals surface area contributed by atoms with Crippen molar-refractivity contribution in [3.05, 3.63) is 45.1 Å². The van der Waals surface area contributed by atoms with E-state index in [2.05, 4.69) is 49.6 Å². The van der Waals surface area contributed by atoms with E-state index in [0.29, 0.717) is 5.92 Å². The van der Waals surface area contributed by atoms with Crippen molar-refractivity contribution in [2.75, 3.05) is 0 Å². The maximum absolute atomic E-state index is 4.46. The molecular formula is C12H11BrN2S. The molecule has 82 valence electrons. The molecule has 0 spiro atoms. The molecule has 0 fully saturated rings. The molecule has 0 bridgehead atoms. The number of halogens is 1. The van der Waals surface area contributed by atoms with Gasteiger partial charge in [0.2, 0.25) is 4.73 Å². The third-order valence-corrected chi connectivity index (χ3v) is 4.50. The SMILES string of the molecule is Brc1nsc(C2CCCc3ccccc32)n1. The molecule has 0 saturated heterocycles. The third-order valence-electron chi connectivity index (χ3n) is 3.08. The molecule has 2 aromatic rings. The van der Waals surface area contributed by atoms with E-state index in [-0.39, 0.29) is 0 Å². The normalized spacial score (nSPS) is 19.4. The van der Waals surface area contributed by atoms with Gasteiger partial charge < -0.3 is 0 Å². The van der Waals surface area contributed by atoms with Gasteiger partial charge in [-0.25, -0.2) is 4.98 Å². The summed E-state index contributed by atoms with van der Waals surface area (Å²) in [4.78, 5) is 4.46. The Morgan fingerprint density at radius 1 is 1.31 bits per heavy atom. The molecule has 1 aromatic carbocycles. The standard InChI is InChI=1S/C12H11BrN2S/c13-12-14-11(16-15-12)10-7-3-5-8-4-1-2-6-9(8)10/h1-2,4,6,10H,3,5,7H2. The summed E-state index contributed by atoms with van der Waals surface area (Å²) in [6.45, 7) is 0. The highest BCUT2D eigenvalue weighted by molar-refractivity contribution is 9.10. The number of benzene rings is 1. The van der Waals surface area contributed by atoms with Crippen LogP contribution in [0.5, 0.6) is 0 Å². The highest BCUT2D eigenvalue weighted by atomic mass is 79.9. The van der Waals surface area contributed by atoms with Gasteiger partial charge in [-0.2, -0.15) is 4.37 Å². The largest absolute Gasteiger partial charge is 0.213 e. The van der Waals surface area contributed by atoms with Crippen LogP contribution in [0.3, 0.4) is 0 Å². The molecule has 4 heteroatoms. The van der Waals surface area contributed by atoms with Crippen molar-refractivity contribution in [1.82, 2.24) is 9.36 Å². The summed E-state index contributed by atoms with van der Waals surface area (Å²) in [6.07, 6.45) is 3.64. The Morgan fingerprint density at radius 2 is 2.19 bits per heavy atom. The van der Waals surface area contributed by atoms with Crippen molar-refractivity contribution in [2.24, 2.45) is 0 Å². The first-order valence-corrected chi connectivity index (χ1v) is 6.98. The molecule has 3 rings (SSSR count). The zero-order valence-corrected chi connectivity index (χ0v) is 11.1. The van der Waals surface area contributed by atoms with E-state index < -0.39 is 0 Å². The van der Waals surface area contributed by atoms with E-state index in [1.54, 1.807) is 0 Å². The van der Waals surface area contributed by atoms with Crippen molar-refractivity contribution in [3.8, 4) is 0 Å². The number of aryl methyl sites for hydroxylation is 1. The molecule has 1 atom stereocenters. The van der Waals surface area contributed by atoms with Gasteiger partial charge in [-0.05, 0) is 57.9 Å². The number of rotatable bonds is 1. The highest BCUT2D eigenvalue weighted by Gasteiger charge is 2.24. The summed E-state index contributed by atoms with van der Waals surface area (Å²) >= 11 is 4.84. The lowest BCUT2D eigenvalue weighted by Crippen LogP contribution is -2.10. The van der Waals surface area contributed by atoms with E-state index in [4.69, 9.17) is 0 Å².